The van der Waals surface area contributed by atoms with Gasteiger partial charge in [0, 0.05) is 5.56 Å². The van der Waals surface area contributed by atoms with Crippen LogP contribution in [0, 0.1) is 0 Å². The highest BCUT2D eigenvalue weighted by molar-refractivity contribution is 6.34. The predicted molar refractivity (Wildman–Crippen MR) is 115 cm³/mol. The minimum Gasteiger partial charge on any atom is -0.465 e. The van der Waals surface area contributed by atoms with Gasteiger partial charge in [-0.25, -0.2) is 19.5 Å². The molecule has 0 unspecified atom stereocenters. The molecule has 0 N–H and O–H groups in total. The van der Waals surface area contributed by atoms with Gasteiger partial charge in [-0.05, 0) is 48.5 Å². The van der Waals surface area contributed by atoms with E-state index in [1.165, 1.54) is 31.4 Å². The van der Waals surface area contributed by atoms with Crippen LogP contribution in [0.15, 0.2) is 75.9 Å². The average Bonchev–Trinajstić information content (AvgIpc) is 3.08. The van der Waals surface area contributed by atoms with Gasteiger partial charge in [0.1, 0.15) is 0 Å². The maximum absolute atomic E-state index is 13.1. The van der Waals surface area contributed by atoms with Crippen molar-refractivity contribution in [1.82, 2.24) is 4.98 Å². The molecule has 156 valence electrons. The number of esters is 1. The van der Waals surface area contributed by atoms with E-state index < -0.39 is 23.4 Å². The van der Waals surface area contributed by atoms with E-state index in [4.69, 9.17) is 9.15 Å². The van der Waals surface area contributed by atoms with E-state index in [2.05, 4.69) is 4.98 Å². The standard InChI is InChI=1S/C24H14N2O6/c1-31-23(29)14-5-4-6-15(11-14)26-21(27)16-10-9-13(12-18(16)22(26)28)20-25-19-8-3-2-7-17(19)24(30)32-20/h2-12H,1H3. The molecule has 1 aliphatic rings. The van der Waals surface area contributed by atoms with Crippen LogP contribution in [0.5, 0.6) is 0 Å². The first-order valence-electron chi connectivity index (χ1n) is 9.59. The van der Waals surface area contributed by atoms with Crippen molar-refractivity contribution in [1.29, 1.82) is 0 Å². The van der Waals surface area contributed by atoms with Crippen molar-refractivity contribution >= 4 is 34.4 Å². The SMILES string of the molecule is COC(=O)c1cccc(N2C(=O)c3ccc(-c4nc5ccccc5c(=O)o4)cc3C2=O)c1. The van der Waals surface area contributed by atoms with Gasteiger partial charge >= 0.3 is 11.6 Å². The topological polar surface area (TPSA) is 107 Å². The molecule has 4 aromatic rings. The van der Waals surface area contributed by atoms with Crippen molar-refractivity contribution in [2.45, 2.75) is 0 Å². The van der Waals surface area contributed by atoms with E-state index in [-0.39, 0.29) is 28.3 Å². The molecule has 8 nitrogen and oxygen atoms in total. The molecule has 0 saturated carbocycles. The largest absolute Gasteiger partial charge is 0.465 e. The second-order valence-electron chi connectivity index (χ2n) is 7.07. The average molecular weight is 426 g/mol. The van der Waals surface area contributed by atoms with Gasteiger partial charge < -0.3 is 9.15 Å². The third-order valence-electron chi connectivity index (χ3n) is 5.19. The zero-order valence-electron chi connectivity index (χ0n) is 16.7. The van der Waals surface area contributed by atoms with Crippen LogP contribution < -0.4 is 10.5 Å². The molecule has 5 rings (SSSR count). The number of methoxy groups -OCH3 is 1. The summed E-state index contributed by atoms with van der Waals surface area (Å²) in [5, 5.41) is 0.348. The molecule has 32 heavy (non-hydrogen) atoms. The van der Waals surface area contributed by atoms with E-state index >= 15 is 0 Å². The predicted octanol–water partition coefficient (Wildman–Crippen LogP) is 3.44. The summed E-state index contributed by atoms with van der Waals surface area (Å²) in [6, 6.07) is 17.4. The Hall–Kier alpha value is -4.59. The number of anilines is 1. The van der Waals surface area contributed by atoms with Crippen LogP contribution in [0.2, 0.25) is 0 Å². The van der Waals surface area contributed by atoms with Gasteiger partial charge in [0.05, 0.1) is 40.4 Å². The van der Waals surface area contributed by atoms with Crippen LogP contribution in [0.4, 0.5) is 5.69 Å². The Labute approximate surface area is 180 Å². The van der Waals surface area contributed by atoms with E-state index in [0.29, 0.717) is 16.5 Å². The van der Waals surface area contributed by atoms with Gasteiger partial charge in [0.2, 0.25) is 5.89 Å². The molecular weight excluding hydrogens is 412 g/mol. The van der Waals surface area contributed by atoms with E-state index in [1.54, 1.807) is 42.5 Å². The number of hydrogen-bond donors (Lipinski definition) is 0. The number of fused-ring (bicyclic) bond motifs is 2. The Morgan fingerprint density at radius 2 is 1.69 bits per heavy atom. The zero-order chi connectivity index (χ0) is 22.4. The number of aromatic nitrogens is 1. The molecule has 0 radical (unpaired) electrons. The van der Waals surface area contributed by atoms with Crippen molar-refractivity contribution in [3.63, 3.8) is 0 Å². The number of hydrogen-bond acceptors (Lipinski definition) is 7. The zero-order valence-corrected chi connectivity index (χ0v) is 16.7. The number of benzene rings is 3. The van der Waals surface area contributed by atoms with Gasteiger partial charge in [-0.3, -0.25) is 9.59 Å². The quantitative estimate of drug-likeness (QED) is 0.365. The fraction of sp³-hybridized carbons (Fsp3) is 0.0417. The summed E-state index contributed by atoms with van der Waals surface area (Å²) in [5.74, 6) is -1.62. The first kappa shape index (κ1) is 19.4. The monoisotopic (exact) mass is 426 g/mol. The molecule has 2 heterocycles. The Bertz CT molecular complexity index is 1500. The molecule has 0 atom stereocenters. The van der Waals surface area contributed by atoms with Crippen LogP contribution in [0.3, 0.4) is 0 Å². The van der Waals surface area contributed by atoms with Crippen LogP contribution in [-0.4, -0.2) is 29.9 Å². The van der Waals surface area contributed by atoms with Crippen LogP contribution >= 0.6 is 0 Å². The van der Waals surface area contributed by atoms with Gasteiger partial charge in [0.15, 0.2) is 0 Å². The molecule has 1 aromatic heterocycles. The van der Waals surface area contributed by atoms with Crippen LogP contribution in [0.25, 0.3) is 22.4 Å². The molecule has 8 heteroatoms. The lowest BCUT2D eigenvalue weighted by atomic mass is 10.1. The lowest BCUT2D eigenvalue weighted by Gasteiger charge is -2.14. The highest BCUT2D eigenvalue weighted by Crippen LogP contribution is 2.32. The molecule has 0 saturated heterocycles. The molecule has 0 bridgehead atoms. The van der Waals surface area contributed by atoms with Crippen molar-refractivity contribution in [3.05, 3.63) is 93.8 Å². The van der Waals surface area contributed by atoms with Crippen molar-refractivity contribution in [2.24, 2.45) is 0 Å². The molecule has 2 amide bonds. The number of ether oxygens (including phenoxy) is 1. The van der Waals surface area contributed by atoms with E-state index in [9.17, 15) is 19.2 Å². The highest BCUT2D eigenvalue weighted by Gasteiger charge is 2.37. The third kappa shape index (κ3) is 2.97. The third-order valence-corrected chi connectivity index (χ3v) is 5.19. The fourth-order valence-corrected chi connectivity index (χ4v) is 3.64. The molecule has 0 spiro atoms. The number of imide groups is 1. The lowest BCUT2D eigenvalue weighted by Crippen LogP contribution is -2.29. The summed E-state index contributed by atoms with van der Waals surface area (Å²) >= 11 is 0. The molecular formula is C24H14N2O6. The molecule has 3 aromatic carbocycles. The summed E-state index contributed by atoms with van der Waals surface area (Å²) in [6.07, 6.45) is 0. The second-order valence-corrected chi connectivity index (χ2v) is 7.07. The summed E-state index contributed by atoms with van der Waals surface area (Å²) in [6.45, 7) is 0. The second kappa shape index (κ2) is 7.28. The van der Waals surface area contributed by atoms with Crippen molar-refractivity contribution in [2.75, 3.05) is 12.0 Å². The van der Waals surface area contributed by atoms with Gasteiger partial charge in [-0.1, -0.05) is 18.2 Å². The summed E-state index contributed by atoms with van der Waals surface area (Å²) < 4.78 is 10.0. The highest BCUT2D eigenvalue weighted by atomic mass is 16.5. The normalized spacial score (nSPS) is 12.8. The Morgan fingerprint density at radius 3 is 2.50 bits per heavy atom. The molecule has 1 aliphatic heterocycles. The van der Waals surface area contributed by atoms with E-state index in [0.717, 1.165) is 4.90 Å². The number of nitrogens with zero attached hydrogens (tertiary/aromatic N) is 2. The van der Waals surface area contributed by atoms with Crippen LogP contribution in [0.1, 0.15) is 31.1 Å². The number of amides is 2. The number of para-hydroxylation sites is 1. The summed E-state index contributed by atoms with van der Waals surface area (Å²) in [4.78, 5) is 55.5. The first-order chi connectivity index (χ1) is 15.5. The Balaban J connectivity index is 1.57. The maximum Gasteiger partial charge on any atom is 0.347 e. The van der Waals surface area contributed by atoms with Crippen molar-refractivity contribution < 1.29 is 23.5 Å². The number of carbonyl (C=O) groups excluding carboxylic acids is 3. The summed E-state index contributed by atoms with van der Waals surface area (Å²) in [5.41, 5.74) is 1.11. The number of carbonyl (C=O) groups is 3. The minimum absolute atomic E-state index is 0.0443. The van der Waals surface area contributed by atoms with Gasteiger partial charge in [-0.2, -0.15) is 0 Å². The lowest BCUT2D eigenvalue weighted by molar-refractivity contribution is 0.0600. The Kier molecular flexibility index (Phi) is 4.41. The maximum atomic E-state index is 13.1. The summed E-state index contributed by atoms with van der Waals surface area (Å²) in [7, 11) is 1.25. The molecule has 0 aliphatic carbocycles. The first-order valence-corrected chi connectivity index (χ1v) is 9.59. The van der Waals surface area contributed by atoms with Gasteiger partial charge in [-0.15, -0.1) is 0 Å². The minimum atomic E-state index is -0.580. The van der Waals surface area contributed by atoms with Crippen LogP contribution in [-0.2, 0) is 4.74 Å². The van der Waals surface area contributed by atoms with E-state index in [1.807, 2.05) is 0 Å². The smallest absolute Gasteiger partial charge is 0.347 e. The van der Waals surface area contributed by atoms with Gasteiger partial charge in [0.25, 0.3) is 11.8 Å². The fourth-order valence-electron chi connectivity index (χ4n) is 3.64. The number of rotatable bonds is 3. The Morgan fingerprint density at radius 1 is 0.906 bits per heavy atom. The molecule has 0 fully saturated rings. The van der Waals surface area contributed by atoms with Crippen molar-refractivity contribution in [3.8, 4) is 11.5 Å².